The van der Waals surface area contributed by atoms with Crippen LogP contribution >= 0.6 is 11.3 Å². The summed E-state index contributed by atoms with van der Waals surface area (Å²) in [6.45, 7) is 3.90. The van der Waals surface area contributed by atoms with Crippen molar-refractivity contribution in [1.29, 1.82) is 0 Å². The molecule has 1 fully saturated rings. The zero-order chi connectivity index (χ0) is 17.6. The molecule has 0 saturated carbocycles. The second kappa shape index (κ2) is 8.43. The number of piperidine rings is 1. The van der Waals surface area contributed by atoms with Gasteiger partial charge in [0.15, 0.2) is 0 Å². The van der Waals surface area contributed by atoms with E-state index in [4.69, 9.17) is 0 Å². The van der Waals surface area contributed by atoms with Crippen molar-refractivity contribution in [1.82, 2.24) is 15.2 Å². The molecule has 2 heterocycles. The van der Waals surface area contributed by atoms with Gasteiger partial charge in [-0.05, 0) is 44.7 Å². The number of fused-ring (bicyclic) bond motifs is 1. The van der Waals surface area contributed by atoms with Crippen LogP contribution in [0.15, 0.2) is 24.3 Å². The van der Waals surface area contributed by atoms with Crippen LogP contribution in [0.4, 0.5) is 0 Å². The fourth-order valence-corrected chi connectivity index (χ4v) is 4.32. The minimum absolute atomic E-state index is 0.0538. The molecule has 1 aliphatic heterocycles. The predicted octanol–water partition coefficient (Wildman–Crippen LogP) is 2.99. The van der Waals surface area contributed by atoms with Crippen LogP contribution in [0.25, 0.3) is 10.2 Å². The second-order valence-electron chi connectivity index (χ2n) is 6.50. The number of aromatic nitrogens is 1. The van der Waals surface area contributed by atoms with E-state index < -0.39 is 0 Å². The van der Waals surface area contributed by atoms with E-state index in [2.05, 4.69) is 16.4 Å². The summed E-state index contributed by atoms with van der Waals surface area (Å²) in [7, 11) is 0. The molecule has 2 aromatic rings. The molecule has 5 nitrogen and oxygen atoms in total. The van der Waals surface area contributed by atoms with Crippen LogP contribution in [0, 0.1) is 5.92 Å². The maximum absolute atomic E-state index is 12.5. The van der Waals surface area contributed by atoms with Crippen LogP contribution in [0.2, 0.25) is 0 Å². The quantitative estimate of drug-likeness (QED) is 0.862. The lowest BCUT2D eigenvalue weighted by Gasteiger charge is -2.32. The van der Waals surface area contributed by atoms with Gasteiger partial charge in [0.2, 0.25) is 11.8 Å². The minimum Gasteiger partial charge on any atom is -0.356 e. The zero-order valence-corrected chi connectivity index (χ0v) is 15.5. The van der Waals surface area contributed by atoms with E-state index in [0.717, 1.165) is 42.8 Å². The van der Waals surface area contributed by atoms with E-state index >= 15 is 0 Å². The monoisotopic (exact) mass is 359 g/mol. The molecule has 2 amide bonds. The van der Waals surface area contributed by atoms with Gasteiger partial charge in [-0.15, -0.1) is 11.3 Å². The van der Waals surface area contributed by atoms with E-state index in [9.17, 15) is 9.59 Å². The van der Waals surface area contributed by atoms with E-state index in [1.54, 1.807) is 11.3 Å². The third kappa shape index (κ3) is 4.57. The Morgan fingerprint density at radius 2 is 2.20 bits per heavy atom. The summed E-state index contributed by atoms with van der Waals surface area (Å²) in [5.41, 5.74) is 1.04. The molecule has 1 aromatic carbocycles. The van der Waals surface area contributed by atoms with Crippen LogP contribution in [0.1, 0.15) is 37.6 Å². The van der Waals surface area contributed by atoms with E-state index in [0.29, 0.717) is 19.5 Å². The summed E-state index contributed by atoms with van der Waals surface area (Å²) in [4.78, 5) is 30.9. The second-order valence-corrected chi connectivity index (χ2v) is 7.62. The third-order valence-corrected chi connectivity index (χ3v) is 5.71. The average molecular weight is 359 g/mol. The fraction of sp³-hybridized carbons (Fsp3) is 0.526. The number of carbonyl (C=O) groups is 2. The topological polar surface area (TPSA) is 62.3 Å². The molecule has 25 heavy (non-hydrogen) atoms. The highest BCUT2D eigenvalue weighted by Crippen LogP contribution is 2.23. The molecule has 0 radical (unpaired) electrons. The predicted molar refractivity (Wildman–Crippen MR) is 101 cm³/mol. The Balaban J connectivity index is 1.47. The van der Waals surface area contributed by atoms with E-state index in [1.807, 2.05) is 30.0 Å². The molecule has 134 valence electrons. The van der Waals surface area contributed by atoms with Crippen molar-refractivity contribution >= 4 is 33.4 Å². The summed E-state index contributed by atoms with van der Waals surface area (Å²) in [5, 5.41) is 3.96. The number of likely N-dealkylation sites (tertiary alicyclic amines) is 1. The minimum atomic E-state index is -0.0538. The lowest BCUT2D eigenvalue weighted by Crippen LogP contribution is -2.45. The van der Waals surface area contributed by atoms with Gasteiger partial charge in [-0.25, -0.2) is 4.98 Å². The first-order valence-corrected chi connectivity index (χ1v) is 9.89. The first-order chi connectivity index (χ1) is 12.2. The number of amides is 2. The summed E-state index contributed by atoms with van der Waals surface area (Å²) in [6, 6.07) is 8.12. The molecule has 1 aromatic heterocycles. The van der Waals surface area contributed by atoms with Gasteiger partial charge in [0.05, 0.1) is 21.1 Å². The number of thiazole rings is 1. The molecule has 1 N–H and O–H groups in total. The average Bonchev–Trinajstić information content (AvgIpc) is 3.04. The van der Waals surface area contributed by atoms with Crippen molar-refractivity contribution in [3.05, 3.63) is 29.3 Å². The molecule has 0 aliphatic carbocycles. The molecular weight excluding hydrogens is 334 g/mol. The molecule has 1 atom stereocenters. The largest absolute Gasteiger partial charge is 0.356 e. The smallest absolute Gasteiger partial charge is 0.224 e. The van der Waals surface area contributed by atoms with E-state index in [-0.39, 0.29) is 17.7 Å². The molecule has 0 bridgehead atoms. The number of benzene rings is 1. The first-order valence-electron chi connectivity index (χ1n) is 9.07. The maximum atomic E-state index is 12.5. The standard InChI is InChI=1S/C19H25N3O2S/c1-2-20-19(24)14-7-6-12-22(13-14)18(23)11-5-10-17-21-15-8-3-4-9-16(15)25-17/h3-4,8-9,14H,2,5-7,10-13H2,1H3,(H,20,24). The van der Waals surface area contributed by atoms with Crippen molar-refractivity contribution in [2.24, 2.45) is 5.92 Å². The Labute approximate surface area is 152 Å². The Kier molecular flexibility index (Phi) is 6.02. The highest BCUT2D eigenvalue weighted by atomic mass is 32.1. The number of aryl methyl sites for hydroxylation is 1. The summed E-state index contributed by atoms with van der Waals surface area (Å²) >= 11 is 1.71. The molecule has 0 spiro atoms. The Bertz CT molecular complexity index is 710. The Hall–Kier alpha value is -1.95. The van der Waals surface area contributed by atoms with Crippen LogP contribution < -0.4 is 5.32 Å². The Morgan fingerprint density at radius 1 is 1.36 bits per heavy atom. The SMILES string of the molecule is CCNC(=O)C1CCCN(C(=O)CCCc2nc3ccccc3s2)C1. The van der Waals surface area contributed by atoms with E-state index in [1.165, 1.54) is 4.70 Å². The van der Waals surface area contributed by atoms with Crippen LogP contribution in [0.5, 0.6) is 0 Å². The number of rotatable bonds is 6. The summed E-state index contributed by atoms with van der Waals surface area (Å²) < 4.78 is 1.20. The molecule has 6 heteroatoms. The van der Waals surface area contributed by atoms with Crippen LogP contribution in [0.3, 0.4) is 0 Å². The van der Waals surface area contributed by atoms with Crippen molar-refractivity contribution in [2.45, 2.75) is 39.0 Å². The van der Waals surface area contributed by atoms with Gasteiger partial charge in [0.1, 0.15) is 0 Å². The number of carbonyl (C=O) groups excluding carboxylic acids is 2. The number of nitrogens with one attached hydrogen (secondary N) is 1. The molecular formula is C19H25N3O2S. The molecule has 1 aliphatic rings. The normalized spacial score (nSPS) is 17.6. The molecule has 3 rings (SSSR count). The van der Waals surface area contributed by atoms with Gasteiger partial charge in [-0.2, -0.15) is 0 Å². The lowest BCUT2D eigenvalue weighted by molar-refractivity contribution is -0.135. The zero-order valence-electron chi connectivity index (χ0n) is 14.7. The Morgan fingerprint density at radius 3 is 3.00 bits per heavy atom. The van der Waals surface area contributed by atoms with Crippen LogP contribution in [-0.2, 0) is 16.0 Å². The third-order valence-electron chi connectivity index (χ3n) is 4.62. The first kappa shape index (κ1) is 17.9. The van der Waals surface area contributed by atoms with Gasteiger partial charge < -0.3 is 10.2 Å². The van der Waals surface area contributed by atoms with Crippen LogP contribution in [-0.4, -0.2) is 41.3 Å². The maximum Gasteiger partial charge on any atom is 0.224 e. The number of hydrogen-bond acceptors (Lipinski definition) is 4. The summed E-state index contributed by atoms with van der Waals surface area (Å²) in [6.07, 6.45) is 3.95. The molecule has 1 unspecified atom stereocenters. The van der Waals surface area contributed by atoms with Gasteiger partial charge >= 0.3 is 0 Å². The highest BCUT2D eigenvalue weighted by Gasteiger charge is 2.27. The van der Waals surface area contributed by atoms with Gasteiger partial charge in [0.25, 0.3) is 0 Å². The van der Waals surface area contributed by atoms with Crippen molar-refractivity contribution in [3.8, 4) is 0 Å². The van der Waals surface area contributed by atoms with Crippen molar-refractivity contribution in [2.75, 3.05) is 19.6 Å². The van der Waals surface area contributed by atoms with Crippen molar-refractivity contribution in [3.63, 3.8) is 0 Å². The lowest BCUT2D eigenvalue weighted by atomic mass is 9.96. The van der Waals surface area contributed by atoms with Gasteiger partial charge in [-0.1, -0.05) is 12.1 Å². The van der Waals surface area contributed by atoms with Crippen molar-refractivity contribution < 1.29 is 9.59 Å². The highest BCUT2D eigenvalue weighted by molar-refractivity contribution is 7.18. The van der Waals surface area contributed by atoms with Gasteiger partial charge in [-0.3, -0.25) is 9.59 Å². The number of nitrogens with zero attached hydrogens (tertiary/aromatic N) is 2. The number of para-hydroxylation sites is 1. The summed E-state index contributed by atoms with van der Waals surface area (Å²) in [5.74, 6) is 0.187. The number of hydrogen-bond donors (Lipinski definition) is 1. The van der Waals surface area contributed by atoms with Gasteiger partial charge in [0, 0.05) is 26.1 Å². The fourth-order valence-electron chi connectivity index (χ4n) is 3.31. The molecule has 1 saturated heterocycles.